The number of nitrogens with zero attached hydrogens (tertiary/aromatic N) is 2. The highest BCUT2D eigenvalue weighted by molar-refractivity contribution is 9.10. The van der Waals surface area contributed by atoms with Crippen molar-refractivity contribution in [3.8, 4) is 29.0 Å². The maximum absolute atomic E-state index is 11.9. The molecule has 1 heterocycles. The van der Waals surface area contributed by atoms with E-state index < -0.39 is 5.56 Å². The third-order valence-corrected chi connectivity index (χ3v) is 3.57. The van der Waals surface area contributed by atoms with Crippen LogP contribution in [0.4, 0.5) is 5.82 Å². The summed E-state index contributed by atoms with van der Waals surface area (Å²) in [6, 6.07) is 8.73. The highest BCUT2D eigenvalue weighted by Crippen LogP contribution is 2.35. The fraction of sp³-hybridized carbons (Fsp3) is 0.0714. The van der Waals surface area contributed by atoms with Crippen molar-refractivity contribution in [1.82, 2.24) is 4.98 Å². The summed E-state index contributed by atoms with van der Waals surface area (Å²) in [6.45, 7) is 0. The SMILES string of the molecule is COc1ccc(-c2c(C#N)c(N)[nH]c(=O)c2C#N)c(Br)c1. The van der Waals surface area contributed by atoms with Gasteiger partial charge in [-0.25, -0.2) is 0 Å². The predicted molar refractivity (Wildman–Crippen MR) is 80.6 cm³/mol. The first-order valence-corrected chi connectivity index (χ1v) is 6.52. The van der Waals surface area contributed by atoms with Crippen LogP contribution in [-0.2, 0) is 0 Å². The summed E-state index contributed by atoms with van der Waals surface area (Å²) in [5.74, 6) is 0.527. The van der Waals surface area contributed by atoms with E-state index >= 15 is 0 Å². The summed E-state index contributed by atoms with van der Waals surface area (Å²) < 4.78 is 5.68. The zero-order chi connectivity index (χ0) is 15.6. The molecule has 0 saturated carbocycles. The van der Waals surface area contributed by atoms with Crippen molar-refractivity contribution in [3.05, 3.63) is 44.2 Å². The van der Waals surface area contributed by atoms with Crippen LogP contribution in [0.15, 0.2) is 27.5 Å². The summed E-state index contributed by atoms with van der Waals surface area (Å²) in [5, 5.41) is 18.5. The number of hydrogen-bond donors (Lipinski definition) is 2. The van der Waals surface area contributed by atoms with E-state index in [1.807, 2.05) is 12.1 Å². The van der Waals surface area contributed by atoms with Gasteiger partial charge in [-0.05, 0) is 23.8 Å². The van der Waals surface area contributed by atoms with Gasteiger partial charge in [0.25, 0.3) is 5.56 Å². The van der Waals surface area contributed by atoms with E-state index in [0.717, 1.165) is 0 Å². The van der Waals surface area contributed by atoms with E-state index in [2.05, 4.69) is 20.9 Å². The Bertz CT molecular complexity index is 859. The monoisotopic (exact) mass is 344 g/mol. The molecule has 0 fully saturated rings. The zero-order valence-electron chi connectivity index (χ0n) is 10.9. The predicted octanol–water partition coefficient (Wildman–Crippen LogP) is 2.14. The van der Waals surface area contributed by atoms with Crippen molar-refractivity contribution in [2.45, 2.75) is 0 Å². The van der Waals surface area contributed by atoms with Crippen molar-refractivity contribution >= 4 is 21.7 Å². The first-order valence-electron chi connectivity index (χ1n) is 5.73. The van der Waals surface area contributed by atoms with Gasteiger partial charge >= 0.3 is 0 Å². The Labute approximate surface area is 128 Å². The number of methoxy groups -OCH3 is 1. The Kier molecular flexibility index (Phi) is 3.97. The standard InChI is InChI=1S/C14H9BrN4O2/c1-21-7-2-3-8(11(15)4-7)12-9(5-16)13(18)19-14(20)10(12)6-17/h2-4H,1H3,(H3,18,19,20). The highest BCUT2D eigenvalue weighted by Gasteiger charge is 2.20. The second-order valence-corrected chi connectivity index (χ2v) is 4.92. The molecule has 1 aromatic heterocycles. The lowest BCUT2D eigenvalue weighted by Gasteiger charge is -2.11. The maximum Gasteiger partial charge on any atom is 0.268 e. The number of nitriles is 2. The normalized spacial score (nSPS) is 9.71. The van der Waals surface area contributed by atoms with Gasteiger partial charge in [-0.15, -0.1) is 0 Å². The number of ether oxygens (including phenoxy) is 1. The molecule has 0 aliphatic carbocycles. The van der Waals surface area contributed by atoms with Crippen LogP contribution in [0, 0.1) is 22.7 Å². The van der Waals surface area contributed by atoms with Gasteiger partial charge in [-0.2, -0.15) is 10.5 Å². The van der Waals surface area contributed by atoms with Gasteiger partial charge in [-0.1, -0.05) is 15.9 Å². The van der Waals surface area contributed by atoms with Crippen molar-refractivity contribution < 1.29 is 4.74 Å². The molecule has 2 aromatic rings. The van der Waals surface area contributed by atoms with Gasteiger partial charge < -0.3 is 15.5 Å². The molecule has 0 aliphatic rings. The molecule has 6 nitrogen and oxygen atoms in total. The molecule has 0 saturated heterocycles. The van der Waals surface area contributed by atoms with Crippen molar-refractivity contribution in [3.63, 3.8) is 0 Å². The lowest BCUT2D eigenvalue weighted by molar-refractivity contribution is 0.414. The molecule has 0 spiro atoms. The molecular weight excluding hydrogens is 336 g/mol. The van der Waals surface area contributed by atoms with Gasteiger partial charge in [0.05, 0.1) is 7.11 Å². The average molecular weight is 345 g/mol. The Morgan fingerprint density at radius 2 is 1.95 bits per heavy atom. The first kappa shape index (κ1) is 14.6. The number of hydrogen-bond acceptors (Lipinski definition) is 5. The van der Waals surface area contributed by atoms with Crippen LogP contribution in [0.25, 0.3) is 11.1 Å². The summed E-state index contributed by atoms with van der Waals surface area (Å²) in [6.07, 6.45) is 0. The largest absolute Gasteiger partial charge is 0.497 e. The van der Waals surface area contributed by atoms with E-state index in [0.29, 0.717) is 15.8 Å². The molecule has 3 N–H and O–H groups in total. The molecular formula is C14H9BrN4O2. The smallest absolute Gasteiger partial charge is 0.268 e. The number of H-pyrrole nitrogens is 1. The van der Waals surface area contributed by atoms with Crippen molar-refractivity contribution in [2.75, 3.05) is 12.8 Å². The van der Waals surface area contributed by atoms with Crippen LogP contribution >= 0.6 is 15.9 Å². The lowest BCUT2D eigenvalue weighted by atomic mass is 9.96. The third-order valence-electron chi connectivity index (χ3n) is 2.91. The van der Waals surface area contributed by atoms with Crippen LogP contribution in [-0.4, -0.2) is 12.1 Å². The second-order valence-electron chi connectivity index (χ2n) is 4.06. The molecule has 0 radical (unpaired) electrons. The first-order chi connectivity index (χ1) is 10.0. The number of aromatic nitrogens is 1. The van der Waals surface area contributed by atoms with E-state index in [9.17, 15) is 15.3 Å². The van der Waals surface area contributed by atoms with Gasteiger partial charge in [0.15, 0.2) is 0 Å². The van der Waals surface area contributed by atoms with Crippen molar-refractivity contribution in [1.29, 1.82) is 10.5 Å². The number of rotatable bonds is 2. The maximum atomic E-state index is 11.9. The molecule has 0 amide bonds. The number of halogens is 1. The molecule has 0 bridgehead atoms. The fourth-order valence-electron chi connectivity index (χ4n) is 1.94. The quantitative estimate of drug-likeness (QED) is 0.865. The molecule has 7 heteroatoms. The lowest BCUT2D eigenvalue weighted by Crippen LogP contribution is -2.16. The van der Waals surface area contributed by atoms with Crippen LogP contribution < -0.4 is 16.0 Å². The number of nitrogen functional groups attached to an aromatic ring is 1. The minimum atomic E-state index is -0.633. The highest BCUT2D eigenvalue weighted by atomic mass is 79.9. The molecule has 0 unspecified atom stereocenters. The Hall–Kier alpha value is -2.77. The summed E-state index contributed by atoms with van der Waals surface area (Å²) in [5.41, 5.74) is 5.65. The molecule has 0 atom stereocenters. The van der Waals surface area contributed by atoms with Crippen LogP contribution in [0.2, 0.25) is 0 Å². The number of pyridine rings is 1. The number of anilines is 1. The van der Waals surface area contributed by atoms with Crippen LogP contribution in [0.5, 0.6) is 5.75 Å². The molecule has 0 aliphatic heterocycles. The van der Waals surface area contributed by atoms with Crippen LogP contribution in [0.1, 0.15) is 11.1 Å². The topological polar surface area (TPSA) is 116 Å². The average Bonchev–Trinajstić information content (AvgIpc) is 2.46. The summed E-state index contributed by atoms with van der Waals surface area (Å²) >= 11 is 3.35. The molecule has 1 aromatic carbocycles. The molecule has 2 rings (SSSR count). The Balaban J connectivity index is 2.90. The van der Waals surface area contributed by atoms with Gasteiger partial charge in [0, 0.05) is 10.0 Å². The molecule has 21 heavy (non-hydrogen) atoms. The summed E-state index contributed by atoms with van der Waals surface area (Å²) in [4.78, 5) is 14.2. The Morgan fingerprint density at radius 3 is 2.48 bits per heavy atom. The minimum absolute atomic E-state index is 0.0528. The molecule has 104 valence electrons. The van der Waals surface area contributed by atoms with Crippen LogP contribution in [0.3, 0.4) is 0 Å². The number of nitrogens with two attached hydrogens (primary N) is 1. The third kappa shape index (κ3) is 2.47. The van der Waals surface area contributed by atoms with E-state index in [4.69, 9.17) is 10.5 Å². The fourth-order valence-corrected chi connectivity index (χ4v) is 2.49. The van der Waals surface area contributed by atoms with E-state index in [1.54, 1.807) is 18.2 Å². The Morgan fingerprint density at radius 1 is 1.29 bits per heavy atom. The van der Waals surface area contributed by atoms with E-state index in [-0.39, 0.29) is 22.5 Å². The minimum Gasteiger partial charge on any atom is -0.497 e. The van der Waals surface area contributed by atoms with Crippen molar-refractivity contribution in [2.24, 2.45) is 0 Å². The van der Waals surface area contributed by atoms with Gasteiger partial charge in [0.2, 0.25) is 0 Å². The number of nitrogens with one attached hydrogen (secondary N) is 1. The number of benzene rings is 1. The van der Waals surface area contributed by atoms with Gasteiger partial charge in [-0.3, -0.25) is 4.79 Å². The number of aromatic amines is 1. The van der Waals surface area contributed by atoms with Gasteiger partial charge in [0.1, 0.15) is 34.8 Å². The van der Waals surface area contributed by atoms with E-state index in [1.165, 1.54) is 7.11 Å². The second kappa shape index (κ2) is 5.70. The zero-order valence-corrected chi connectivity index (χ0v) is 12.5. The summed E-state index contributed by atoms with van der Waals surface area (Å²) in [7, 11) is 1.52.